The first kappa shape index (κ1) is 19.3. The Kier molecular flexibility index (Phi) is 7.76. The summed E-state index contributed by atoms with van der Waals surface area (Å²) in [5.41, 5.74) is 1.74. The van der Waals surface area contributed by atoms with Gasteiger partial charge in [0.2, 0.25) is 5.91 Å². The molecule has 0 aliphatic rings. The van der Waals surface area contributed by atoms with E-state index in [1.807, 2.05) is 54.6 Å². The van der Waals surface area contributed by atoms with Gasteiger partial charge in [-0.3, -0.25) is 4.79 Å². The van der Waals surface area contributed by atoms with Crippen molar-refractivity contribution in [3.05, 3.63) is 65.2 Å². The molecule has 0 spiro atoms. The van der Waals surface area contributed by atoms with Crippen LogP contribution in [0.4, 0.5) is 5.69 Å². The van der Waals surface area contributed by atoms with Crippen molar-refractivity contribution in [3.8, 4) is 0 Å². The molecule has 0 bridgehead atoms. The average molecular weight is 360 g/mol. The van der Waals surface area contributed by atoms with Crippen molar-refractivity contribution in [2.24, 2.45) is 0 Å². The van der Waals surface area contributed by atoms with Crippen molar-refractivity contribution in [2.75, 3.05) is 31.5 Å². The molecule has 0 aromatic heterocycles. The lowest BCUT2D eigenvalue weighted by atomic mass is 10.1. The SMILES string of the molecule is CCN(CC)CCNC(=O)C(Nc1cccc(Cl)c1)c1ccccc1. The highest BCUT2D eigenvalue weighted by Gasteiger charge is 2.20. The maximum atomic E-state index is 12.8. The zero-order valence-corrected chi connectivity index (χ0v) is 15.6. The minimum Gasteiger partial charge on any atom is -0.370 e. The van der Waals surface area contributed by atoms with Gasteiger partial charge in [-0.25, -0.2) is 0 Å². The van der Waals surface area contributed by atoms with Gasteiger partial charge in [0.05, 0.1) is 0 Å². The van der Waals surface area contributed by atoms with E-state index in [0.717, 1.165) is 30.9 Å². The topological polar surface area (TPSA) is 44.4 Å². The van der Waals surface area contributed by atoms with E-state index in [1.165, 1.54) is 0 Å². The van der Waals surface area contributed by atoms with Crippen molar-refractivity contribution < 1.29 is 4.79 Å². The van der Waals surface area contributed by atoms with E-state index < -0.39 is 6.04 Å². The Bertz CT molecular complexity index is 659. The molecule has 0 saturated carbocycles. The van der Waals surface area contributed by atoms with Crippen LogP contribution < -0.4 is 10.6 Å². The molecular formula is C20H26ClN3O. The summed E-state index contributed by atoms with van der Waals surface area (Å²) < 4.78 is 0. The summed E-state index contributed by atoms with van der Waals surface area (Å²) in [7, 11) is 0. The normalized spacial score (nSPS) is 12.0. The van der Waals surface area contributed by atoms with Crippen LogP contribution >= 0.6 is 11.6 Å². The average Bonchev–Trinajstić information content (AvgIpc) is 2.64. The molecule has 2 rings (SSSR count). The lowest BCUT2D eigenvalue weighted by Crippen LogP contribution is -2.39. The van der Waals surface area contributed by atoms with E-state index in [1.54, 1.807) is 0 Å². The smallest absolute Gasteiger partial charge is 0.247 e. The number of nitrogens with one attached hydrogen (secondary N) is 2. The third kappa shape index (κ3) is 6.07. The Hall–Kier alpha value is -2.04. The Morgan fingerprint density at radius 2 is 1.80 bits per heavy atom. The molecule has 0 aliphatic carbocycles. The molecule has 0 fully saturated rings. The summed E-state index contributed by atoms with van der Waals surface area (Å²) >= 11 is 6.06. The Morgan fingerprint density at radius 3 is 2.44 bits per heavy atom. The van der Waals surface area contributed by atoms with Gasteiger partial charge >= 0.3 is 0 Å². The number of amides is 1. The number of halogens is 1. The molecule has 0 saturated heterocycles. The number of rotatable bonds is 9. The molecule has 25 heavy (non-hydrogen) atoms. The van der Waals surface area contributed by atoms with Gasteiger partial charge in [-0.05, 0) is 36.9 Å². The molecule has 2 aromatic rings. The number of hydrogen-bond acceptors (Lipinski definition) is 3. The molecule has 0 heterocycles. The third-order valence-corrected chi connectivity index (χ3v) is 4.39. The zero-order valence-electron chi connectivity index (χ0n) is 14.8. The summed E-state index contributed by atoms with van der Waals surface area (Å²) in [6, 6.07) is 16.7. The molecule has 2 N–H and O–H groups in total. The Labute approximate surface area is 155 Å². The van der Waals surface area contributed by atoms with Gasteiger partial charge in [-0.1, -0.05) is 61.8 Å². The minimum absolute atomic E-state index is 0.0432. The maximum absolute atomic E-state index is 12.8. The highest BCUT2D eigenvalue weighted by atomic mass is 35.5. The van der Waals surface area contributed by atoms with E-state index in [-0.39, 0.29) is 5.91 Å². The van der Waals surface area contributed by atoms with Crippen LogP contribution in [0, 0.1) is 0 Å². The van der Waals surface area contributed by atoms with Gasteiger partial charge < -0.3 is 15.5 Å². The number of hydrogen-bond donors (Lipinski definition) is 2. The fraction of sp³-hybridized carbons (Fsp3) is 0.350. The molecule has 4 nitrogen and oxygen atoms in total. The van der Waals surface area contributed by atoms with E-state index in [2.05, 4.69) is 29.4 Å². The van der Waals surface area contributed by atoms with Gasteiger partial charge in [0, 0.05) is 23.8 Å². The van der Waals surface area contributed by atoms with Crippen LogP contribution in [0.5, 0.6) is 0 Å². The van der Waals surface area contributed by atoms with Gasteiger partial charge in [-0.15, -0.1) is 0 Å². The van der Waals surface area contributed by atoms with Crippen molar-refractivity contribution in [3.63, 3.8) is 0 Å². The molecule has 1 unspecified atom stereocenters. The first-order valence-electron chi connectivity index (χ1n) is 8.71. The van der Waals surface area contributed by atoms with E-state index in [4.69, 9.17) is 11.6 Å². The number of benzene rings is 2. The van der Waals surface area contributed by atoms with Crippen LogP contribution in [-0.2, 0) is 4.79 Å². The summed E-state index contributed by atoms with van der Waals surface area (Å²) in [5.74, 6) is -0.0432. The number of carbonyl (C=O) groups excluding carboxylic acids is 1. The Morgan fingerprint density at radius 1 is 1.08 bits per heavy atom. The fourth-order valence-electron chi connectivity index (χ4n) is 2.67. The number of carbonyl (C=O) groups is 1. The standard InChI is InChI=1S/C20H26ClN3O/c1-3-24(4-2)14-13-22-20(25)19(16-9-6-5-7-10-16)23-18-12-8-11-17(21)15-18/h5-12,15,19,23H,3-4,13-14H2,1-2H3,(H,22,25). The van der Waals surface area contributed by atoms with Crippen LogP contribution in [0.1, 0.15) is 25.5 Å². The second kappa shape index (κ2) is 10.1. The summed E-state index contributed by atoms with van der Waals surface area (Å²) in [6.07, 6.45) is 0. The lowest BCUT2D eigenvalue weighted by molar-refractivity contribution is -0.122. The molecule has 2 aromatic carbocycles. The van der Waals surface area contributed by atoms with Crippen molar-refractivity contribution >= 4 is 23.2 Å². The highest BCUT2D eigenvalue weighted by molar-refractivity contribution is 6.30. The molecule has 0 aliphatic heterocycles. The van der Waals surface area contributed by atoms with Crippen LogP contribution in [0.3, 0.4) is 0 Å². The molecule has 1 atom stereocenters. The van der Waals surface area contributed by atoms with Crippen molar-refractivity contribution in [1.29, 1.82) is 0 Å². The quantitative estimate of drug-likeness (QED) is 0.712. The van der Waals surface area contributed by atoms with Crippen molar-refractivity contribution in [2.45, 2.75) is 19.9 Å². The summed E-state index contributed by atoms with van der Waals surface area (Å²) in [4.78, 5) is 15.0. The largest absolute Gasteiger partial charge is 0.370 e. The third-order valence-electron chi connectivity index (χ3n) is 4.15. The van der Waals surface area contributed by atoms with Gasteiger partial charge in [0.15, 0.2) is 0 Å². The van der Waals surface area contributed by atoms with Gasteiger partial charge in [0.1, 0.15) is 6.04 Å². The summed E-state index contributed by atoms with van der Waals surface area (Å²) in [5, 5.41) is 6.97. The van der Waals surface area contributed by atoms with Crippen molar-refractivity contribution in [1.82, 2.24) is 10.2 Å². The van der Waals surface area contributed by atoms with Crippen LogP contribution in [0.15, 0.2) is 54.6 Å². The number of anilines is 1. The monoisotopic (exact) mass is 359 g/mol. The molecule has 134 valence electrons. The van der Waals surface area contributed by atoms with Crippen LogP contribution in [-0.4, -0.2) is 37.0 Å². The minimum atomic E-state index is -0.462. The maximum Gasteiger partial charge on any atom is 0.247 e. The van der Waals surface area contributed by atoms with E-state index in [9.17, 15) is 4.79 Å². The second-order valence-corrected chi connectivity index (χ2v) is 6.25. The van der Waals surface area contributed by atoms with Crippen LogP contribution in [0.25, 0.3) is 0 Å². The molecular weight excluding hydrogens is 334 g/mol. The Balaban J connectivity index is 2.07. The highest BCUT2D eigenvalue weighted by Crippen LogP contribution is 2.22. The first-order chi connectivity index (χ1) is 12.1. The summed E-state index contributed by atoms with van der Waals surface area (Å²) in [6.45, 7) is 7.68. The molecule has 5 heteroatoms. The second-order valence-electron chi connectivity index (χ2n) is 5.82. The van der Waals surface area contributed by atoms with Gasteiger partial charge in [-0.2, -0.15) is 0 Å². The molecule has 0 radical (unpaired) electrons. The lowest BCUT2D eigenvalue weighted by Gasteiger charge is -2.22. The van der Waals surface area contributed by atoms with Gasteiger partial charge in [0.25, 0.3) is 0 Å². The zero-order chi connectivity index (χ0) is 18.1. The van der Waals surface area contributed by atoms with E-state index in [0.29, 0.717) is 11.6 Å². The predicted octanol–water partition coefficient (Wildman–Crippen LogP) is 3.95. The molecule has 1 amide bonds. The number of likely N-dealkylation sites (N-methyl/N-ethyl adjacent to an activating group) is 1. The number of nitrogens with zero attached hydrogens (tertiary/aromatic N) is 1. The first-order valence-corrected chi connectivity index (χ1v) is 9.09. The fourth-order valence-corrected chi connectivity index (χ4v) is 2.86. The predicted molar refractivity (Wildman–Crippen MR) is 105 cm³/mol. The van der Waals surface area contributed by atoms with Crippen LogP contribution in [0.2, 0.25) is 5.02 Å². The van der Waals surface area contributed by atoms with E-state index >= 15 is 0 Å².